The summed E-state index contributed by atoms with van der Waals surface area (Å²) in [4.78, 5) is 32.5. The third-order valence-corrected chi connectivity index (χ3v) is 8.76. The lowest BCUT2D eigenvalue weighted by molar-refractivity contribution is 0.00694. The zero-order valence-electron chi connectivity index (χ0n) is 20.6. The zero-order valence-corrected chi connectivity index (χ0v) is 21.4. The van der Waals surface area contributed by atoms with Crippen molar-refractivity contribution in [2.24, 2.45) is 0 Å². The molecule has 1 aliphatic carbocycles. The number of carbonyl (C=O) groups excluding carboxylic acids is 1. The SMILES string of the molecule is CC1(F)CCN2C(=O)c3c(O)c(=O)ccn3N([C@@H]3c4ccccc4-c4scnc4-c4c3ccc(F)c4F)[C@@H]2C1. The van der Waals surface area contributed by atoms with Crippen LogP contribution in [-0.4, -0.2) is 44.0 Å². The molecule has 2 aromatic heterocycles. The van der Waals surface area contributed by atoms with Gasteiger partial charge < -0.3 is 10.0 Å². The standard InChI is InChI=1S/C28H21F3N4O3S/c1-28(31)9-11-33-19(12-28)35(34-10-8-18(36)25(37)24(34)27(33)38)23-14-4-2-3-5-15(14)26-22(32-13-39-26)20-16(23)6-7-17(29)21(20)30/h2-8,10,13,19,23,37H,9,11-12H2,1H3/t19-,23-,28?/m1/s1. The minimum atomic E-state index is -1.63. The fourth-order valence-corrected chi connectivity index (χ4v) is 6.94. The molecule has 2 aromatic carbocycles. The van der Waals surface area contributed by atoms with Gasteiger partial charge in [0.05, 0.1) is 22.1 Å². The van der Waals surface area contributed by atoms with Gasteiger partial charge in [-0.2, -0.15) is 0 Å². The topological polar surface area (TPSA) is 78.7 Å². The first-order chi connectivity index (χ1) is 18.7. The third kappa shape index (κ3) is 3.32. The molecule has 1 unspecified atom stereocenters. The van der Waals surface area contributed by atoms with Crippen LogP contribution in [-0.2, 0) is 0 Å². The molecule has 1 amide bonds. The Bertz CT molecular complexity index is 1750. The quantitative estimate of drug-likeness (QED) is 0.362. The molecule has 1 fully saturated rings. The number of fused-ring (bicyclic) bond motifs is 7. The van der Waals surface area contributed by atoms with Gasteiger partial charge in [-0.15, -0.1) is 11.3 Å². The number of benzene rings is 2. The number of carbonyl (C=O) groups is 1. The molecule has 0 spiro atoms. The number of amides is 1. The van der Waals surface area contributed by atoms with E-state index >= 15 is 8.78 Å². The van der Waals surface area contributed by atoms with Crippen molar-refractivity contribution in [3.8, 4) is 27.4 Å². The summed E-state index contributed by atoms with van der Waals surface area (Å²) in [7, 11) is 0. The van der Waals surface area contributed by atoms with Crippen LogP contribution in [0, 0.1) is 11.6 Å². The number of hydrogen-bond acceptors (Lipinski definition) is 6. The van der Waals surface area contributed by atoms with E-state index in [1.54, 1.807) is 10.5 Å². The number of pyridine rings is 1. The highest BCUT2D eigenvalue weighted by molar-refractivity contribution is 7.13. The van der Waals surface area contributed by atoms with Gasteiger partial charge in [-0.25, -0.2) is 18.2 Å². The van der Waals surface area contributed by atoms with Gasteiger partial charge in [0.1, 0.15) is 11.8 Å². The molecule has 0 radical (unpaired) electrons. The summed E-state index contributed by atoms with van der Waals surface area (Å²) in [6.45, 7) is 1.51. The van der Waals surface area contributed by atoms with E-state index in [9.17, 15) is 19.1 Å². The van der Waals surface area contributed by atoms with Crippen molar-refractivity contribution in [3.05, 3.63) is 92.9 Å². The van der Waals surface area contributed by atoms with E-state index < -0.39 is 46.6 Å². The van der Waals surface area contributed by atoms with Crippen LogP contribution < -0.4 is 10.4 Å². The molecule has 7 nitrogen and oxygen atoms in total. The monoisotopic (exact) mass is 550 g/mol. The molecule has 1 N–H and O–H groups in total. The molecule has 3 aliphatic rings. The van der Waals surface area contributed by atoms with Crippen molar-refractivity contribution in [1.82, 2.24) is 14.6 Å². The van der Waals surface area contributed by atoms with Crippen LogP contribution in [0.15, 0.2) is 59.0 Å². The average molecular weight is 551 g/mol. The Morgan fingerprint density at radius 2 is 1.90 bits per heavy atom. The van der Waals surface area contributed by atoms with E-state index in [0.717, 1.165) is 17.7 Å². The number of hydrogen-bond donors (Lipinski definition) is 1. The minimum Gasteiger partial charge on any atom is -0.502 e. The molecule has 4 heterocycles. The maximum atomic E-state index is 15.7. The molecule has 39 heavy (non-hydrogen) atoms. The largest absolute Gasteiger partial charge is 0.502 e. The Kier molecular flexibility index (Phi) is 5.03. The molecule has 4 aromatic rings. The fourth-order valence-electron chi connectivity index (χ4n) is 6.10. The molecular formula is C28H21F3N4O3S. The molecule has 2 aliphatic heterocycles. The lowest BCUT2D eigenvalue weighted by Crippen LogP contribution is -2.66. The highest BCUT2D eigenvalue weighted by Crippen LogP contribution is 2.51. The summed E-state index contributed by atoms with van der Waals surface area (Å²) < 4.78 is 47.3. The van der Waals surface area contributed by atoms with Crippen LogP contribution >= 0.6 is 11.3 Å². The predicted molar refractivity (Wildman–Crippen MR) is 139 cm³/mol. The van der Waals surface area contributed by atoms with Crippen LogP contribution in [0.25, 0.3) is 21.7 Å². The van der Waals surface area contributed by atoms with Gasteiger partial charge in [0.25, 0.3) is 5.91 Å². The van der Waals surface area contributed by atoms with Gasteiger partial charge in [-0.05, 0) is 36.1 Å². The van der Waals surface area contributed by atoms with Crippen molar-refractivity contribution >= 4 is 17.2 Å². The summed E-state index contributed by atoms with van der Waals surface area (Å²) in [6.07, 6.45) is 0.485. The zero-order chi connectivity index (χ0) is 27.2. The number of aromatic hydroxyl groups is 1. The number of piperidine rings is 1. The van der Waals surface area contributed by atoms with Crippen molar-refractivity contribution in [2.75, 3.05) is 11.6 Å². The Hall–Kier alpha value is -4.12. The Balaban J connectivity index is 1.59. The number of alkyl halides is 1. The van der Waals surface area contributed by atoms with Gasteiger partial charge in [-0.1, -0.05) is 30.3 Å². The number of rotatable bonds is 1. The van der Waals surface area contributed by atoms with Crippen LogP contribution in [0.2, 0.25) is 0 Å². The van der Waals surface area contributed by atoms with Gasteiger partial charge in [-0.3, -0.25) is 19.3 Å². The maximum Gasteiger partial charge on any atom is 0.278 e. The average Bonchev–Trinajstić information content (AvgIpc) is 3.35. The summed E-state index contributed by atoms with van der Waals surface area (Å²) in [5.74, 6) is -3.43. The molecule has 1 saturated heterocycles. The van der Waals surface area contributed by atoms with Gasteiger partial charge in [0, 0.05) is 30.8 Å². The van der Waals surface area contributed by atoms with E-state index in [4.69, 9.17) is 0 Å². The Labute approximate surface area is 224 Å². The first-order valence-electron chi connectivity index (χ1n) is 12.4. The van der Waals surface area contributed by atoms with E-state index in [1.165, 1.54) is 40.1 Å². The molecule has 0 bridgehead atoms. The second-order valence-corrected chi connectivity index (χ2v) is 11.1. The Morgan fingerprint density at radius 1 is 1.10 bits per heavy atom. The van der Waals surface area contributed by atoms with Crippen LogP contribution in [0.4, 0.5) is 13.2 Å². The van der Waals surface area contributed by atoms with E-state index in [2.05, 4.69) is 4.98 Å². The maximum absolute atomic E-state index is 15.7. The number of aromatic nitrogens is 2. The number of thiazole rings is 1. The van der Waals surface area contributed by atoms with Gasteiger partial charge in [0.2, 0.25) is 5.43 Å². The van der Waals surface area contributed by atoms with Gasteiger partial charge in [0.15, 0.2) is 23.1 Å². The highest BCUT2D eigenvalue weighted by atomic mass is 32.1. The van der Waals surface area contributed by atoms with Crippen LogP contribution in [0.3, 0.4) is 0 Å². The van der Waals surface area contributed by atoms with Gasteiger partial charge >= 0.3 is 0 Å². The summed E-state index contributed by atoms with van der Waals surface area (Å²) in [6, 6.07) is 10.1. The van der Waals surface area contributed by atoms with E-state index in [-0.39, 0.29) is 36.3 Å². The van der Waals surface area contributed by atoms with Crippen molar-refractivity contribution in [2.45, 2.75) is 37.6 Å². The molecule has 0 saturated carbocycles. The first-order valence-corrected chi connectivity index (χ1v) is 13.3. The van der Waals surface area contributed by atoms with Crippen molar-refractivity contribution in [1.29, 1.82) is 0 Å². The summed E-state index contributed by atoms with van der Waals surface area (Å²) >= 11 is 1.29. The van der Waals surface area contributed by atoms with E-state index in [1.807, 2.05) is 24.3 Å². The first kappa shape index (κ1) is 24.0. The number of nitrogens with zero attached hydrogens (tertiary/aromatic N) is 4. The van der Waals surface area contributed by atoms with Crippen LogP contribution in [0.5, 0.6) is 5.75 Å². The number of halogens is 3. The minimum absolute atomic E-state index is 0.0264. The fraction of sp³-hybridized carbons (Fsp3) is 0.250. The van der Waals surface area contributed by atoms with E-state index in [0.29, 0.717) is 16.0 Å². The van der Waals surface area contributed by atoms with Crippen LogP contribution in [0.1, 0.15) is 47.4 Å². The normalized spacial score (nSPS) is 23.3. The molecular weight excluding hydrogens is 529 g/mol. The highest BCUT2D eigenvalue weighted by Gasteiger charge is 2.50. The van der Waals surface area contributed by atoms with Crippen molar-refractivity contribution in [3.63, 3.8) is 0 Å². The third-order valence-electron chi connectivity index (χ3n) is 7.90. The lowest BCUT2D eigenvalue weighted by Gasteiger charge is -2.53. The summed E-state index contributed by atoms with van der Waals surface area (Å²) in [5.41, 5.74) is 0.986. The summed E-state index contributed by atoms with van der Waals surface area (Å²) in [5, 5.41) is 12.5. The predicted octanol–water partition coefficient (Wildman–Crippen LogP) is 4.97. The molecule has 3 atom stereocenters. The molecule has 11 heteroatoms. The molecule has 198 valence electrons. The molecule has 7 rings (SSSR count). The second-order valence-electron chi connectivity index (χ2n) is 10.3. The smallest absolute Gasteiger partial charge is 0.278 e. The lowest BCUT2D eigenvalue weighted by atomic mass is 9.88. The Morgan fingerprint density at radius 3 is 2.72 bits per heavy atom. The second kappa shape index (κ2) is 8.19. The van der Waals surface area contributed by atoms with Crippen molar-refractivity contribution < 1.29 is 23.1 Å².